The number of nitrogens with zero attached hydrogens (tertiary/aromatic N) is 2. The number of hydrogen-bond acceptors (Lipinski definition) is 7. The highest BCUT2D eigenvalue weighted by molar-refractivity contribution is 5.93. The Morgan fingerprint density at radius 3 is 2.33 bits per heavy atom. The summed E-state index contributed by atoms with van der Waals surface area (Å²) in [6.45, 7) is 3.17. The molecule has 3 heterocycles. The molecule has 10 heteroatoms. The molecule has 10 nitrogen and oxygen atoms in total. The van der Waals surface area contributed by atoms with Gasteiger partial charge in [-0.3, -0.25) is 4.79 Å². The van der Waals surface area contributed by atoms with E-state index in [1.165, 1.54) is 0 Å². The average molecular weight is 662 g/mol. The number of carbonyl (C=O) groups is 2. The lowest BCUT2D eigenvalue weighted by Gasteiger charge is -2.45. The average Bonchev–Trinajstić information content (AvgIpc) is 3.46. The van der Waals surface area contributed by atoms with Crippen LogP contribution in [0.1, 0.15) is 53.9 Å². The maximum absolute atomic E-state index is 13.2. The predicted octanol–water partition coefficient (Wildman–Crippen LogP) is 5.47. The van der Waals surface area contributed by atoms with E-state index in [0.29, 0.717) is 31.9 Å². The lowest BCUT2D eigenvalue weighted by molar-refractivity contribution is -0.253. The lowest BCUT2D eigenvalue weighted by atomic mass is 9.85. The van der Waals surface area contributed by atoms with E-state index in [1.54, 1.807) is 0 Å². The van der Waals surface area contributed by atoms with Crippen LogP contribution in [0.4, 0.5) is 16.2 Å². The van der Waals surface area contributed by atoms with Crippen molar-refractivity contribution in [3.8, 4) is 0 Å². The third-order valence-electron chi connectivity index (χ3n) is 9.88. The summed E-state index contributed by atoms with van der Waals surface area (Å²) in [4.78, 5) is 30.6. The Bertz CT molecular complexity index is 1710. The molecule has 3 fully saturated rings. The molecule has 3 amide bonds. The number of anilines is 2. The van der Waals surface area contributed by atoms with Crippen LogP contribution in [0.25, 0.3) is 0 Å². The Kier molecular flexibility index (Phi) is 9.90. The monoisotopic (exact) mass is 661 g/mol. The summed E-state index contributed by atoms with van der Waals surface area (Å²) in [5, 5.41) is 18.5. The topological polar surface area (TPSA) is 115 Å². The normalized spacial score (nSPS) is 22.1. The molecule has 7 rings (SSSR count). The van der Waals surface area contributed by atoms with Gasteiger partial charge in [0.15, 0.2) is 6.29 Å². The van der Waals surface area contributed by atoms with Crippen molar-refractivity contribution in [2.24, 2.45) is 0 Å². The Morgan fingerprint density at radius 1 is 0.857 bits per heavy atom. The highest BCUT2D eigenvalue weighted by atomic mass is 16.7. The van der Waals surface area contributed by atoms with E-state index in [-0.39, 0.29) is 30.8 Å². The highest BCUT2D eigenvalue weighted by Crippen LogP contribution is 2.40. The van der Waals surface area contributed by atoms with Crippen molar-refractivity contribution in [2.45, 2.75) is 56.5 Å². The first kappa shape index (κ1) is 32.8. The molecule has 1 spiro atoms. The van der Waals surface area contributed by atoms with Crippen LogP contribution in [0.15, 0.2) is 109 Å². The van der Waals surface area contributed by atoms with Crippen LogP contribution < -0.4 is 20.9 Å². The van der Waals surface area contributed by atoms with Gasteiger partial charge in [-0.15, -0.1) is 0 Å². The van der Waals surface area contributed by atoms with Crippen molar-refractivity contribution in [2.75, 3.05) is 36.5 Å². The number of likely N-dealkylation sites (tertiary alicyclic amines) is 1. The minimum absolute atomic E-state index is 0.0188. The fourth-order valence-electron chi connectivity index (χ4n) is 7.18. The quantitative estimate of drug-likeness (QED) is 0.188. The number of aliphatic hydroxyl groups is 1. The zero-order chi connectivity index (χ0) is 33.6. The molecule has 0 aliphatic carbocycles. The van der Waals surface area contributed by atoms with Gasteiger partial charge in [-0.25, -0.2) is 4.79 Å². The smallest absolute Gasteiger partial charge is 0.319 e. The number of benzene rings is 4. The van der Waals surface area contributed by atoms with Crippen LogP contribution in [0.2, 0.25) is 0 Å². The second kappa shape index (κ2) is 14.8. The minimum atomic E-state index is -0.652. The van der Waals surface area contributed by atoms with E-state index in [4.69, 9.17) is 9.47 Å². The maximum Gasteiger partial charge on any atom is 0.319 e. The molecule has 254 valence electrons. The van der Waals surface area contributed by atoms with Gasteiger partial charge in [0.1, 0.15) is 5.54 Å². The number of piperidine rings is 1. The summed E-state index contributed by atoms with van der Waals surface area (Å²) in [5.41, 5.74) is 4.84. The standard InChI is InChI=1S/C39H43N5O5/c45-26-29-14-16-30(17-15-29)35-23-34(25-43-20-18-39(19-21-43)37(46)41-27-44(39)33-12-5-2-6-13-33)48-36(49-35)31-10-7-11-32(22-31)42-38(47)40-24-28-8-3-1-4-9-28/h1-17,22,34-36,45H,18-21,23-27H2,(H,41,46)(H2,40,42,47)/t34-,35+,36+/m1/s1. The number of aliphatic hydroxyl groups excluding tert-OH is 1. The molecule has 0 saturated carbocycles. The Labute approximate surface area is 287 Å². The van der Waals surface area contributed by atoms with E-state index >= 15 is 0 Å². The van der Waals surface area contributed by atoms with Crippen LogP contribution in [0.3, 0.4) is 0 Å². The molecular formula is C39H43N5O5. The highest BCUT2D eigenvalue weighted by Gasteiger charge is 2.50. The van der Waals surface area contributed by atoms with E-state index in [0.717, 1.165) is 53.9 Å². The largest absolute Gasteiger partial charge is 0.392 e. The van der Waals surface area contributed by atoms with Gasteiger partial charge in [0.2, 0.25) is 5.91 Å². The molecule has 3 aliphatic heterocycles. The molecule has 4 aromatic carbocycles. The number of rotatable bonds is 9. The van der Waals surface area contributed by atoms with Crippen molar-refractivity contribution in [3.05, 3.63) is 131 Å². The van der Waals surface area contributed by atoms with Crippen molar-refractivity contribution in [1.82, 2.24) is 15.5 Å². The molecule has 49 heavy (non-hydrogen) atoms. The molecule has 3 aliphatic rings. The number of nitrogens with one attached hydrogen (secondary N) is 3. The third-order valence-corrected chi connectivity index (χ3v) is 9.88. The number of para-hydroxylation sites is 1. The third kappa shape index (κ3) is 7.47. The Hall–Kier alpha value is -4.74. The number of ether oxygens (including phenoxy) is 2. The number of amides is 3. The van der Waals surface area contributed by atoms with E-state index in [1.807, 2.05) is 97.1 Å². The molecule has 0 unspecified atom stereocenters. The SMILES string of the molecule is O=C(NCc1ccccc1)Nc1cccc([C@H]2O[C@@H](CN3CCC4(CC3)C(=O)NCN4c3ccccc3)C[C@@H](c3ccc(CO)cc3)O2)c1. The van der Waals surface area contributed by atoms with Gasteiger partial charge < -0.3 is 40.3 Å². The maximum atomic E-state index is 13.2. The van der Waals surface area contributed by atoms with Crippen molar-refractivity contribution < 1.29 is 24.2 Å². The van der Waals surface area contributed by atoms with Crippen LogP contribution >= 0.6 is 0 Å². The summed E-state index contributed by atoms with van der Waals surface area (Å²) in [6, 6.07) is 35.1. The summed E-state index contributed by atoms with van der Waals surface area (Å²) in [5.74, 6) is 0.104. The minimum Gasteiger partial charge on any atom is -0.392 e. The molecular weight excluding hydrogens is 618 g/mol. The van der Waals surface area contributed by atoms with Gasteiger partial charge in [0.25, 0.3) is 0 Å². The molecule has 0 bridgehead atoms. The second-order valence-electron chi connectivity index (χ2n) is 13.0. The number of hydrogen-bond donors (Lipinski definition) is 4. The molecule has 4 aromatic rings. The number of urea groups is 1. The first-order valence-electron chi connectivity index (χ1n) is 17.0. The van der Waals surface area contributed by atoms with E-state index in [2.05, 4.69) is 37.9 Å². The molecule has 3 saturated heterocycles. The molecule has 0 radical (unpaired) electrons. The van der Waals surface area contributed by atoms with Gasteiger partial charge in [-0.1, -0.05) is 84.9 Å². The van der Waals surface area contributed by atoms with Gasteiger partial charge >= 0.3 is 6.03 Å². The van der Waals surface area contributed by atoms with Crippen LogP contribution in [-0.4, -0.2) is 59.9 Å². The van der Waals surface area contributed by atoms with Crippen molar-refractivity contribution in [3.63, 3.8) is 0 Å². The fraction of sp³-hybridized carbons (Fsp3) is 0.333. The van der Waals surface area contributed by atoms with E-state index in [9.17, 15) is 14.7 Å². The fourth-order valence-corrected chi connectivity index (χ4v) is 7.18. The summed E-state index contributed by atoms with van der Waals surface area (Å²) in [7, 11) is 0. The zero-order valence-corrected chi connectivity index (χ0v) is 27.5. The van der Waals surface area contributed by atoms with Crippen molar-refractivity contribution in [1.29, 1.82) is 0 Å². The molecule has 4 N–H and O–H groups in total. The zero-order valence-electron chi connectivity index (χ0n) is 27.5. The predicted molar refractivity (Wildman–Crippen MR) is 187 cm³/mol. The first-order valence-corrected chi connectivity index (χ1v) is 17.0. The van der Waals surface area contributed by atoms with Gasteiger partial charge in [0.05, 0.1) is 25.5 Å². The molecule has 0 aromatic heterocycles. The van der Waals surface area contributed by atoms with Gasteiger partial charge in [0, 0.05) is 49.5 Å². The second-order valence-corrected chi connectivity index (χ2v) is 13.0. The Balaban J connectivity index is 1.04. The van der Waals surface area contributed by atoms with Crippen molar-refractivity contribution >= 4 is 23.3 Å². The van der Waals surface area contributed by atoms with Crippen LogP contribution in [0.5, 0.6) is 0 Å². The summed E-state index contributed by atoms with van der Waals surface area (Å²) < 4.78 is 13.2. The summed E-state index contributed by atoms with van der Waals surface area (Å²) >= 11 is 0. The lowest BCUT2D eigenvalue weighted by Crippen LogP contribution is -2.57. The van der Waals surface area contributed by atoms with E-state index < -0.39 is 11.8 Å². The van der Waals surface area contributed by atoms with Gasteiger partial charge in [-0.2, -0.15) is 0 Å². The van der Waals surface area contributed by atoms with Crippen LogP contribution in [-0.2, 0) is 27.4 Å². The van der Waals surface area contributed by atoms with Gasteiger partial charge in [-0.05, 0) is 53.8 Å². The number of carbonyl (C=O) groups excluding carboxylic acids is 2. The molecule has 3 atom stereocenters. The summed E-state index contributed by atoms with van der Waals surface area (Å²) in [6.07, 6.45) is 1.10. The first-order chi connectivity index (χ1) is 24.0. The van der Waals surface area contributed by atoms with Crippen LogP contribution in [0, 0.1) is 0 Å². The Morgan fingerprint density at radius 2 is 1.59 bits per heavy atom.